The number of anilines is 1. The molecule has 0 amide bonds. The van der Waals surface area contributed by atoms with E-state index in [1.54, 1.807) is 22.8 Å². The Labute approximate surface area is 172 Å². The third-order valence-electron chi connectivity index (χ3n) is 4.26. The molecule has 1 aromatic heterocycles. The topological polar surface area (TPSA) is 96.4 Å². The van der Waals surface area contributed by atoms with Crippen LogP contribution >= 0.6 is 11.8 Å². The third kappa shape index (κ3) is 4.60. The molecule has 0 fully saturated rings. The molecule has 0 atom stereocenters. The highest BCUT2D eigenvalue weighted by Gasteiger charge is 2.15. The normalized spacial score (nSPS) is 10.6. The summed E-state index contributed by atoms with van der Waals surface area (Å²) in [5, 5.41) is 0.354. The number of nitrogens with two attached hydrogens (primary N) is 1. The number of nitrogen functional groups attached to an aromatic ring is 1. The molecular formula is C21H21N3O4S. The second-order valence-corrected chi connectivity index (χ2v) is 7.20. The van der Waals surface area contributed by atoms with Crippen LogP contribution in [0.1, 0.15) is 15.9 Å². The highest BCUT2D eigenvalue weighted by atomic mass is 32.2. The highest BCUT2D eigenvalue weighted by Crippen LogP contribution is 2.29. The minimum atomic E-state index is -0.452. The Balaban J connectivity index is 1.88. The van der Waals surface area contributed by atoms with Crippen molar-refractivity contribution in [2.75, 3.05) is 25.7 Å². The van der Waals surface area contributed by atoms with Gasteiger partial charge in [-0.3, -0.25) is 14.2 Å². The van der Waals surface area contributed by atoms with Gasteiger partial charge in [-0.2, -0.15) is 4.98 Å². The van der Waals surface area contributed by atoms with Gasteiger partial charge in [0.15, 0.2) is 22.4 Å². The van der Waals surface area contributed by atoms with Gasteiger partial charge in [-0.05, 0) is 37.3 Å². The number of thioether (sulfide) groups is 1. The predicted octanol–water partition coefficient (Wildman–Crippen LogP) is 3.12. The van der Waals surface area contributed by atoms with Crippen LogP contribution < -0.4 is 20.8 Å². The van der Waals surface area contributed by atoms with Crippen LogP contribution in [0.4, 0.5) is 5.82 Å². The molecule has 8 heteroatoms. The molecule has 2 N–H and O–H groups in total. The van der Waals surface area contributed by atoms with Crippen molar-refractivity contribution in [3.05, 3.63) is 70.0 Å². The molecule has 0 saturated carbocycles. The van der Waals surface area contributed by atoms with Gasteiger partial charge in [0.05, 0.1) is 20.0 Å². The van der Waals surface area contributed by atoms with Crippen molar-refractivity contribution in [3.63, 3.8) is 0 Å². The van der Waals surface area contributed by atoms with E-state index in [4.69, 9.17) is 15.2 Å². The van der Waals surface area contributed by atoms with Crippen LogP contribution in [-0.2, 0) is 0 Å². The number of hydrogen-bond acceptors (Lipinski definition) is 7. The van der Waals surface area contributed by atoms with Crippen molar-refractivity contribution < 1.29 is 14.3 Å². The molecule has 2 aromatic carbocycles. The highest BCUT2D eigenvalue weighted by molar-refractivity contribution is 7.99. The number of ketones is 1. The standard InChI is InChI=1S/C21H21N3O4S/c1-13-4-7-15(8-5-13)24-19(22)11-20(26)23-21(24)29-12-16(25)14-6-9-17(27-2)18(10-14)28-3/h4-11H,12,22H2,1-3H3. The number of carbonyl (C=O) groups is 1. The van der Waals surface area contributed by atoms with E-state index in [2.05, 4.69) is 4.98 Å². The van der Waals surface area contributed by atoms with E-state index in [0.29, 0.717) is 22.2 Å². The largest absolute Gasteiger partial charge is 0.493 e. The van der Waals surface area contributed by atoms with Crippen molar-refractivity contribution in [3.8, 4) is 17.2 Å². The molecule has 0 radical (unpaired) electrons. The summed E-state index contributed by atoms with van der Waals surface area (Å²) < 4.78 is 12.1. The maximum atomic E-state index is 12.7. The van der Waals surface area contributed by atoms with Gasteiger partial charge >= 0.3 is 0 Å². The average molecular weight is 411 g/mol. The van der Waals surface area contributed by atoms with E-state index in [1.807, 2.05) is 31.2 Å². The molecule has 0 unspecified atom stereocenters. The third-order valence-corrected chi connectivity index (χ3v) is 5.20. The lowest BCUT2D eigenvalue weighted by Crippen LogP contribution is -2.17. The fraction of sp³-hybridized carbons (Fsp3) is 0.190. The van der Waals surface area contributed by atoms with Gasteiger partial charge in [-0.1, -0.05) is 29.5 Å². The molecule has 0 bridgehead atoms. The molecule has 0 spiro atoms. The molecule has 3 rings (SSSR count). The van der Waals surface area contributed by atoms with Gasteiger partial charge in [0.25, 0.3) is 5.56 Å². The summed E-state index contributed by atoms with van der Waals surface area (Å²) in [4.78, 5) is 28.6. The molecule has 0 aliphatic rings. The van der Waals surface area contributed by atoms with Crippen LogP contribution in [0.15, 0.2) is 58.5 Å². The number of methoxy groups -OCH3 is 2. The van der Waals surface area contributed by atoms with Crippen LogP contribution in [0.2, 0.25) is 0 Å². The fourth-order valence-corrected chi connectivity index (χ4v) is 3.67. The van der Waals surface area contributed by atoms with Gasteiger partial charge in [-0.15, -0.1) is 0 Å². The number of aryl methyl sites for hydroxylation is 1. The van der Waals surface area contributed by atoms with Gasteiger partial charge in [0.2, 0.25) is 0 Å². The quantitative estimate of drug-likeness (QED) is 0.362. The zero-order valence-electron chi connectivity index (χ0n) is 16.3. The number of rotatable bonds is 7. The van der Waals surface area contributed by atoms with Crippen LogP contribution in [0, 0.1) is 6.92 Å². The predicted molar refractivity (Wildman–Crippen MR) is 114 cm³/mol. The Bertz CT molecular complexity index is 1090. The van der Waals surface area contributed by atoms with Gasteiger partial charge < -0.3 is 15.2 Å². The van der Waals surface area contributed by atoms with E-state index in [-0.39, 0.29) is 17.4 Å². The molecule has 7 nitrogen and oxygen atoms in total. The summed E-state index contributed by atoms with van der Waals surface area (Å²) in [5.41, 5.74) is 7.96. The summed E-state index contributed by atoms with van der Waals surface area (Å²) in [5.74, 6) is 1.22. The Morgan fingerprint density at radius 2 is 1.76 bits per heavy atom. The first-order valence-electron chi connectivity index (χ1n) is 8.77. The Kier molecular flexibility index (Phi) is 6.23. The van der Waals surface area contributed by atoms with Crippen molar-refractivity contribution in [1.82, 2.24) is 9.55 Å². The van der Waals surface area contributed by atoms with Crippen LogP contribution in [0.3, 0.4) is 0 Å². The number of ether oxygens (including phenoxy) is 2. The molecular weight excluding hydrogens is 390 g/mol. The van der Waals surface area contributed by atoms with E-state index >= 15 is 0 Å². The summed E-state index contributed by atoms with van der Waals surface area (Å²) in [6.07, 6.45) is 0. The number of hydrogen-bond donors (Lipinski definition) is 1. The Morgan fingerprint density at radius 3 is 2.41 bits per heavy atom. The van der Waals surface area contributed by atoms with Gasteiger partial charge in [0, 0.05) is 17.3 Å². The molecule has 150 valence electrons. The van der Waals surface area contributed by atoms with Gasteiger partial charge in [0.1, 0.15) is 5.82 Å². The van der Waals surface area contributed by atoms with Gasteiger partial charge in [-0.25, -0.2) is 0 Å². The minimum absolute atomic E-state index is 0.0806. The zero-order chi connectivity index (χ0) is 21.0. The SMILES string of the molecule is COc1ccc(C(=O)CSc2nc(=O)cc(N)n2-c2ccc(C)cc2)cc1OC. The van der Waals surface area contributed by atoms with Crippen LogP contribution in [-0.4, -0.2) is 35.3 Å². The maximum Gasteiger partial charge on any atom is 0.275 e. The number of Topliss-reactive ketones (excluding diaryl/α,β-unsaturated/α-hetero) is 1. The Morgan fingerprint density at radius 1 is 1.07 bits per heavy atom. The Hall–Kier alpha value is -3.26. The second kappa shape index (κ2) is 8.83. The minimum Gasteiger partial charge on any atom is -0.493 e. The molecule has 29 heavy (non-hydrogen) atoms. The first-order chi connectivity index (χ1) is 13.9. The van der Waals surface area contributed by atoms with Crippen molar-refractivity contribution >= 4 is 23.4 Å². The van der Waals surface area contributed by atoms with Crippen LogP contribution in [0.5, 0.6) is 11.5 Å². The van der Waals surface area contributed by atoms with E-state index in [9.17, 15) is 9.59 Å². The summed E-state index contributed by atoms with van der Waals surface area (Å²) in [6, 6.07) is 13.9. The lowest BCUT2D eigenvalue weighted by atomic mass is 10.1. The first kappa shape index (κ1) is 20.5. The molecule has 0 saturated heterocycles. The van der Waals surface area contributed by atoms with E-state index < -0.39 is 5.56 Å². The fourth-order valence-electron chi connectivity index (χ4n) is 2.75. The number of aromatic nitrogens is 2. The lowest BCUT2D eigenvalue weighted by Gasteiger charge is -2.15. The second-order valence-electron chi connectivity index (χ2n) is 6.25. The monoisotopic (exact) mass is 411 g/mol. The molecule has 1 heterocycles. The zero-order valence-corrected chi connectivity index (χ0v) is 17.2. The summed E-state index contributed by atoms with van der Waals surface area (Å²) in [6.45, 7) is 1.98. The number of carbonyl (C=O) groups excluding carboxylic acids is 1. The number of benzene rings is 2. The maximum absolute atomic E-state index is 12.7. The van der Waals surface area contributed by atoms with E-state index in [0.717, 1.165) is 23.0 Å². The average Bonchev–Trinajstić information content (AvgIpc) is 2.72. The lowest BCUT2D eigenvalue weighted by molar-refractivity contribution is 0.102. The first-order valence-corrected chi connectivity index (χ1v) is 9.76. The van der Waals surface area contributed by atoms with Crippen LogP contribution in [0.25, 0.3) is 5.69 Å². The van der Waals surface area contributed by atoms with Crippen molar-refractivity contribution in [2.45, 2.75) is 12.1 Å². The van der Waals surface area contributed by atoms with Crippen molar-refractivity contribution in [1.29, 1.82) is 0 Å². The van der Waals surface area contributed by atoms with E-state index in [1.165, 1.54) is 20.3 Å². The molecule has 0 aliphatic carbocycles. The molecule has 3 aromatic rings. The smallest absolute Gasteiger partial charge is 0.275 e. The number of nitrogens with zero attached hydrogens (tertiary/aromatic N) is 2. The molecule has 0 aliphatic heterocycles. The summed E-state index contributed by atoms with van der Waals surface area (Å²) in [7, 11) is 3.04. The van der Waals surface area contributed by atoms with Crippen molar-refractivity contribution in [2.24, 2.45) is 0 Å². The summed E-state index contributed by atoms with van der Waals surface area (Å²) >= 11 is 1.15.